The molecule has 0 aromatic rings. The van der Waals surface area contributed by atoms with Crippen molar-refractivity contribution in [2.75, 3.05) is 7.11 Å². The summed E-state index contributed by atoms with van der Waals surface area (Å²) < 4.78 is 0. The van der Waals surface area contributed by atoms with Gasteiger partial charge in [-0.2, -0.15) is 0 Å². The van der Waals surface area contributed by atoms with Crippen molar-refractivity contribution in [3.8, 4) is 0 Å². The molecule has 0 aliphatic heterocycles. The quantitative estimate of drug-likeness (QED) is 0.205. The summed E-state index contributed by atoms with van der Waals surface area (Å²) in [6, 6.07) is 0. The standard InChI is InChI=1S/C23H38O4.3C2H6.CH4O/c1-21-11-10-19-17(18(21)9-7-15(21)5-3-4-12-24)8-6-16-13-20(25)23(26,27)14-22(16,19)2;4*1-2/h12,15-20,25-27H,3-11,13-14H2,1-2H3;3*1-2H3;2H,1H3. The summed E-state index contributed by atoms with van der Waals surface area (Å²) in [5.41, 5.74) is 0.333. The Bertz CT molecular complexity index is 579. The van der Waals surface area contributed by atoms with E-state index in [0.717, 1.165) is 38.1 Å². The Balaban J connectivity index is 0.00000132. The van der Waals surface area contributed by atoms with Gasteiger partial charge in [0.1, 0.15) is 12.4 Å². The third-order valence-corrected chi connectivity index (χ3v) is 9.82. The number of carbonyl (C=O) groups is 1. The van der Waals surface area contributed by atoms with E-state index in [2.05, 4.69) is 13.8 Å². The second-order valence-electron chi connectivity index (χ2n) is 10.9. The summed E-state index contributed by atoms with van der Waals surface area (Å²) in [5.74, 6) is 1.21. The third-order valence-electron chi connectivity index (χ3n) is 9.82. The van der Waals surface area contributed by atoms with Gasteiger partial charge in [0.25, 0.3) is 0 Å². The number of rotatable bonds is 4. The summed E-state index contributed by atoms with van der Waals surface area (Å²) in [6.07, 6.45) is 11.2. The minimum absolute atomic E-state index is 0.0669. The lowest BCUT2D eigenvalue weighted by Gasteiger charge is -2.62. The van der Waals surface area contributed by atoms with Gasteiger partial charge in [0.15, 0.2) is 5.79 Å². The summed E-state index contributed by atoms with van der Waals surface area (Å²) in [5, 5.41) is 38.0. The first-order chi connectivity index (χ1) is 16.7. The number of fused-ring (bicyclic) bond motifs is 5. The molecule has 4 rings (SSSR count). The van der Waals surface area contributed by atoms with Crippen LogP contribution in [0.3, 0.4) is 0 Å². The highest BCUT2D eigenvalue weighted by atomic mass is 16.5. The number of hydrogen-bond acceptors (Lipinski definition) is 5. The Morgan fingerprint density at radius 2 is 1.40 bits per heavy atom. The smallest absolute Gasteiger partial charge is 0.189 e. The van der Waals surface area contributed by atoms with Crippen LogP contribution in [0.1, 0.15) is 126 Å². The van der Waals surface area contributed by atoms with Gasteiger partial charge in [-0.05, 0) is 98.2 Å². The van der Waals surface area contributed by atoms with Gasteiger partial charge in [0.05, 0.1) is 0 Å². The van der Waals surface area contributed by atoms with E-state index >= 15 is 0 Å². The van der Waals surface area contributed by atoms with Crippen LogP contribution in [-0.4, -0.2) is 45.7 Å². The monoisotopic (exact) mass is 500 g/mol. The van der Waals surface area contributed by atoms with Crippen molar-refractivity contribution in [3.63, 3.8) is 0 Å². The van der Waals surface area contributed by atoms with E-state index in [9.17, 15) is 20.1 Å². The second kappa shape index (κ2) is 15.7. The molecule has 0 saturated heterocycles. The zero-order chi connectivity index (χ0) is 27.4. The molecule has 0 spiro atoms. The van der Waals surface area contributed by atoms with Gasteiger partial charge in [-0.15, -0.1) is 0 Å². The van der Waals surface area contributed by atoms with Crippen LogP contribution in [-0.2, 0) is 4.79 Å². The van der Waals surface area contributed by atoms with Gasteiger partial charge in [0.2, 0.25) is 0 Å². The highest BCUT2D eigenvalue weighted by molar-refractivity contribution is 5.48. The van der Waals surface area contributed by atoms with Crippen molar-refractivity contribution in [3.05, 3.63) is 0 Å². The zero-order valence-corrected chi connectivity index (χ0v) is 24.5. The topological polar surface area (TPSA) is 98.0 Å². The molecule has 210 valence electrons. The highest BCUT2D eigenvalue weighted by Crippen LogP contribution is 2.68. The van der Waals surface area contributed by atoms with Crippen LogP contribution >= 0.6 is 0 Å². The van der Waals surface area contributed by atoms with Crippen LogP contribution in [0, 0.1) is 40.4 Å². The van der Waals surface area contributed by atoms with Crippen molar-refractivity contribution >= 4 is 6.29 Å². The highest BCUT2D eigenvalue weighted by Gasteiger charge is 2.62. The van der Waals surface area contributed by atoms with Crippen LogP contribution in [0.25, 0.3) is 0 Å². The fourth-order valence-electron chi connectivity index (χ4n) is 8.36. The molecule has 8 atom stereocenters. The van der Waals surface area contributed by atoms with Crippen molar-refractivity contribution in [2.24, 2.45) is 40.4 Å². The third kappa shape index (κ3) is 7.09. The average Bonchev–Trinajstić information content (AvgIpc) is 3.21. The Kier molecular flexibility index (Phi) is 15.5. The maximum atomic E-state index is 10.7. The Morgan fingerprint density at radius 1 is 0.829 bits per heavy atom. The van der Waals surface area contributed by atoms with Gasteiger partial charge in [0, 0.05) is 20.0 Å². The number of unbranched alkanes of at least 4 members (excludes halogenated alkanes) is 1. The molecule has 0 radical (unpaired) electrons. The van der Waals surface area contributed by atoms with Gasteiger partial charge in [-0.25, -0.2) is 0 Å². The molecular formula is C30H60O5. The van der Waals surface area contributed by atoms with Crippen LogP contribution in [0.15, 0.2) is 0 Å². The molecule has 5 heteroatoms. The first kappa shape index (κ1) is 34.5. The van der Waals surface area contributed by atoms with Gasteiger partial charge in [-0.3, -0.25) is 0 Å². The lowest BCUT2D eigenvalue weighted by molar-refractivity contribution is -0.289. The minimum atomic E-state index is -1.93. The average molecular weight is 501 g/mol. The number of carbonyl (C=O) groups excluding carboxylic acids is 1. The Morgan fingerprint density at radius 3 is 1.97 bits per heavy atom. The van der Waals surface area contributed by atoms with Crippen molar-refractivity contribution in [1.29, 1.82) is 0 Å². The number of aliphatic hydroxyl groups is 4. The van der Waals surface area contributed by atoms with E-state index in [1.165, 1.54) is 38.5 Å². The van der Waals surface area contributed by atoms with E-state index in [4.69, 9.17) is 5.11 Å². The first-order valence-corrected chi connectivity index (χ1v) is 14.7. The Hall–Kier alpha value is -0.490. The molecule has 0 aromatic heterocycles. The molecule has 35 heavy (non-hydrogen) atoms. The van der Waals surface area contributed by atoms with E-state index in [-0.39, 0.29) is 5.41 Å². The fourth-order valence-corrected chi connectivity index (χ4v) is 8.36. The SMILES string of the molecule is CC.CC.CC.CC12CCC3C(CCC4CC(O)C(O)(O)CC43C)C1CCC2CCCC=O.CO. The van der Waals surface area contributed by atoms with E-state index in [1.54, 1.807) is 0 Å². The lowest BCUT2D eigenvalue weighted by Crippen LogP contribution is -2.60. The van der Waals surface area contributed by atoms with Crippen LogP contribution in [0.4, 0.5) is 0 Å². The number of aliphatic hydroxyl groups excluding tert-OH is 2. The van der Waals surface area contributed by atoms with E-state index < -0.39 is 11.9 Å². The zero-order valence-electron chi connectivity index (χ0n) is 24.5. The number of aldehydes is 1. The molecule has 5 nitrogen and oxygen atoms in total. The lowest BCUT2D eigenvalue weighted by atomic mass is 9.44. The first-order valence-electron chi connectivity index (χ1n) is 14.7. The van der Waals surface area contributed by atoms with Crippen LogP contribution in [0.2, 0.25) is 0 Å². The fraction of sp³-hybridized carbons (Fsp3) is 0.967. The van der Waals surface area contributed by atoms with Crippen LogP contribution in [0.5, 0.6) is 0 Å². The summed E-state index contributed by atoms with van der Waals surface area (Å²) in [6.45, 7) is 16.8. The molecule has 4 aliphatic rings. The second-order valence-corrected chi connectivity index (χ2v) is 10.9. The molecule has 4 aliphatic carbocycles. The molecule has 0 heterocycles. The van der Waals surface area contributed by atoms with E-state index in [1.807, 2.05) is 41.5 Å². The van der Waals surface area contributed by atoms with Crippen molar-refractivity contribution < 1.29 is 25.2 Å². The molecule has 0 bridgehead atoms. The van der Waals surface area contributed by atoms with Gasteiger partial charge in [-0.1, -0.05) is 55.4 Å². The minimum Gasteiger partial charge on any atom is -0.400 e. The van der Waals surface area contributed by atoms with Crippen molar-refractivity contribution in [2.45, 2.75) is 138 Å². The summed E-state index contributed by atoms with van der Waals surface area (Å²) >= 11 is 0. The van der Waals surface area contributed by atoms with Crippen LogP contribution < -0.4 is 0 Å². The molecule has 4 fully saturated rings. The largest absolute Gasteiger partial charge is 0.400 e. The van der Waals surface area contributed by atoms with Gasteiger partial charge < -0.3 is 25.2 Å². The normalized spacial score (nSPS) is 40.1. The molecule has 8 unspecified atom stereocenters. The van der Waals surface area contributed by atoms with E-state index in [0.29, 0.717) is 42.4 Å². The molecule has 0 aromatic carbocycles. The summed E-state index contributed by atoms with van der Waals surface area (Å²) in [7, 11) is 1.00. The maximum Gasteiger partial charge on any atom is 0.189 e. The van der Waals surface area contributed by atoms with Crippen molar-refractivity contribution in [1.82, 2.24) is 0 Å². The predicted molar refractivity (Wildman–Crippen MR) is 146 cm³/mol. The van der Waals surface area contributed by atoms with Gasteiger partial charge >= 0.3 is 0 Å². The maximum absolute atomic E-state index is 10.7. The number of hydrogen-bond donors (Lipinski definition) is 4. The molecular weight excluding hydrogens is 440 g/mol. The molecule has 4 N–H and O–H groups in total. The molecule has 4 saturated carbocycles. The molecule has 0 amide bonds. The predicted octanol–water partition coefficient (Wildman–Crippen LogP) is 6.35. The Labute approximate surface area is 217 Å². The summed E-state index contributed by atoms with van der Waals surface area (Å²) in [4.78, 5) is 10.7.